The molecule has 1 unspecified atom stereocenters. The Morgan fingerprint density at radius 2 is 1.79 bits per heavy atom. The summed E-state index contributed by atoms with van der Waals surface area (Å²) in [5.74, 6) is 0.0728. The first-order chi connectivity index (χ1) is 18.9. The van der Waals surface area contributed by atoms with Crippen molar-refractivity contribution in [2.45, 2.75) is 12.5 Å². The minimum Gasteiger partial charge on any atom is -0.497 e. The SMILES string of the molecule is COCC(=O)N(CCN1CCOCC1)CC(=O)N1N=C(c2ccc([N+](=O)[O-])cc2)CC1c1ccc(OC)cc1. The van der Waals surface area contributed by atoms with Crippen LogP contribution in [0.3, 0.4) is 0 Å². The van der Waals surface area contributed by atoms with Crippen molar-refractivity contribution in [3.8, 4) is 5.75 Å². The minimum absolute atomic E-state index is 0.0236. The fourth-order valence-electron chi connectivity index (χ4n) is 4.61. The summed E-state index contributed by atoms with van der Waals surface area (Å²) in [4.78, 5) is 40.8. The second-order valence-electron chi connectivity index (χ2n) is 9.28. The van der Waals surface area contributed by atoms with Crippen LogP contribution in [-0.2, 0) is 19.1 Å². The highest BCUT2D eigenvalue weighted by Gasteiger charge is 2.34. The van der Waals surface area contributed by atoms with Gasteiger partial charge in [0.2, 0.25) is 5.91 Å². The van der Waals surface area contributed by atoms with Crippen LogP contribution < -0.4 is 4.74 Å². The van der Waals surface area contributed by atoms with E-state index in [0.717, 1.165) is 18.7 Å². The van der Waals surface area contributed by atoms with E-state index < -0.39 is 11.0 Å². The number of morpholine rings is 1. The molecule has 12 heteroatoms. The zero-order valence-electron chi connectivity index (χ0n) is 22.2. The lowest BCUT2D eigenvalue weighted by Gasteiger charge is -2.31. The van der Waals surface area contributed by atoms with Crippen LogP contribution in [0.4, 0.5) is 5.69 Å². The number of hydrogen-bond acceptors (Lipinski definition) is 9. The van der Waals surface area contributed by atoms with Crippen LogP contribution in [0.1, 0.15) is 23.6 Å². The number of methoxy groups -OCH3 is 2. The molecule has 2 heterocycles. The summed E-state index contributed by atoms with van der Waals surface area (Å²) in [6.07, 6.45) is 0.412. The second-order valence-corrected chi connectivity index (χ2v) is 9.28. The standard InChI is InChI=1S/C27H33N5O7/c1-37-19-27(34)30(12-11-29-13-15-39-16-14-29)18-26(33)31-25(21-5-9-23(38-2)10-6-21)17-24(28-31)20-3-7-22(8-4-20)32(35)36/h3-10,25H,11-19H2,1-2H3. The number of hydrazone groups is 1. The molecule has 2 aliphatic rings. The van der Waals surface area contributed by atoms with E-state index in [-0.39, 0.29) is 30.7 Å². The third-order valence-corrected chi connectivity index (χ3v) is 6.81. The van der Waals surface area contributed by atoms with E-state index in [0.29, 0.717) is 49.7 Å². The highest BCUT2D eigenvalue weighted by molar-refractivity contribution is 6.03. The molecule has 4 rings (SSSR count). The molecule has 0 aromatic heterocycles. The Bertz CT molecular complexity index is 1180. The van der Waals surface area contributed by atoms with Gasteiger partial charge in [0.05, 0.1) is 37.0 Å². The molecule has 1 fully saturated rings. The molecule has 0 aliphatic carbocycles. The van der Waals surface area contributed by atoms with Gasteiger partial charge in [-0.1, -0.05) is 12.1 Å². The Kier molecular flexibility index (Phi) is 9.58. The lowest BCUT2D eigenvalue weighted by molar-refractivity contribution is -0.384. The highest BCUT2D eigenvalue weighted by atomic mass is 16.6. The van der Waals surface area contributed by atoms with Gasteiger partial charge < -0.3 is 19.1 Å². The Hall–Kier alpha value is -3.87. The molecule has 2 aromatic carbocycles. The lowest BCUT2D eigenvalue weighted by Crippen LogP contribution is -2.47. The number of carbonyl (C=O) groups is 2. The monoisotopic (exact) mass is 539 g/mol. The van der Waals surface area contributed by atoms with E-state index in [1.807, 2.05) is 24.3 Å². The van der Waals surface area contributed by atoms with Gasteiger partial charge in [-0.3, -0.25) is 24.6 Å². The quantitative estimate of drug-likeness (QED) is 0.314. The van der Waals surface area contributed by atoms with E-state index in [9.17, 15) is 19.7 Å². The van der Waals surface area contributed by atoms with E-state index in [4.69, 9.17) is 14.2 Å². The van der Waals surface area contributed by atoms with Crippen molar-refractivity contribution < 1.29 is 28.7 Å². The number of nitro groups is 1. The zero-order chi connectivity index (χ0) is 27.8. The fraction of sp³-hybridized carbons (Fsp3) is 0.444. The van der Waals surface area contributed by atoms with Crippen LogP contribution >= 0.6 is 0 Å². The summed E-state index contributed by atoms with van der Waals surface area (Å²) in [5.41, 5.74) is 2.15. The molecule has 0 bridgehead atoms. The van der Waals surface area contributed by atoms with E-state index in [1.54, 1.807) is 19.2 Å². The molecule has 2 aliphatic heterocycles. The first-order valence-corrected chi connectivity index (χ1v) is 12.7. The van der Waals surface area contributed by atoms with Crippen molar-refractivity contribution in [1.82, 2.24) is 14.8 Å². The van der Waals surface area contributed by atoms with Gasteiger partial charge in [0.25, 0.3) is 11.6 Å². The van der Waals surface area contributed by atoms with E-state index in [1.165, 1.54) is 29.2 Å². The van der Waals surface area contributed by atoms with Crippen molar-refractivity contribution in [3.05, 3.63) is 69.8 Å². The van der Waals surface area contributed by atoms with Crippen LogP contribution in [0.2, 0.25) is 0 Å². The Morgan fingerprint density at radius 3 is 2.41 bits per heavy atom. The summed E-state index contributed by atoms with van der Waals surface area (Å²) in [7, 11) is 3.03. The average Bonchev–Trinajstić information content (AvgIpc) is 3.41. The molecule has 12 nitrogen and oxygen atoms in total. The number of benzene rings is 2. The van der Waals surface area contributed by atoms with E-state index in [2.05, 4.69) is 10.0 Å². The Balaban J connectivity index is 1.56. The zero-order valence-corrected chi connectivity index (χ0v) is 22.2. The van der Waals surface area contributed by atoms with Crippen LogP contribution in [0.5, 0.6) is 5.75 Å². The van der Waals surface area contributed by atoms with Crippen molar-refractivity contribution in [3.63, 3.8) is 0 Å². The van der Waals surface area contributed by atoms with Crippen molar-refractivity contribution in [2.24, 2.45) is 5.10 Å². The van der Waals surface area contributed by atoms with Crippen molar-refractivity contribution >= 4 is 23.2 Å². The van der Waals surface area contributed by atoms with Crippen molar-refractivity contribution in [1.29, 1.82) is 0 Å². The molecule has 208 valence electrons. The number of carbonyl (C=O) groups excluding carboxylic acids is 2. The Morgan fingerprint density at radius 1 is 1.10 bits per heavy atom. The first-order valence-electron chi connectivity index (χ1n) is 12.7. The molecule has 0 spiro atoms. The molecule has 2 aromatic rings. The largest absolute Gasteiger partial charge is 0.497 e. The van der Waals surface area contributed by atoms with Gasteiger partial charge >= 0.3 is 0 Å². The third-order valence-electron chi connectivity index (χ3n) is 6.81. The number of nitro benzene ring substituents is 1. The number of amides is 2. The summed E-state index contributed by atoms with van der Waals surface area (Å²) in [6.45, 7) is 3.53. The maximum atomic E-state index is 13.7. The number of rotatable bonds is 11. The maximum absolute atomic E-state index is 13.7. The van der Waals surface area contributed by atoms with Crippen LogP contribution in [0.25, 0.3) is 0 Å². The molecule has 2 amide bonds. The van der Waals surface area contributed by atoms with E-state index >= 15 is 0 Å². The van der Waals surface area contributed by atoms with Gasteiger partial charge in [-0.05, 0) is 35.4 Å². The van der Waals surface area contributed by atoms with Crippen LogP contribution in [0.15, 0.2) is 53.6 Å². The first kappa shape index (κ1) is 28.1. The molecule has 39 heavy (non-hydrogen) atoms. The molecule has 0 N–H and O–H groups in total. The van der Waals surface area contributed by atoms with Gasteiger partial charge in [-0.15, -0.1) is 0 Å². The topological polar surface area (TPSA) is 127 Å². The normalized spacial score (nSPS) is 17.5. The predicted octanol–water partition coefficient (Wildman–Crippen LogP) is 2.09. The summed E-state index contributed by atoms with van der Waals surface area (Å²) < 4.78 is 15.7. The number of non-ortho nitro benzene ring substituents is 1. The minimum atomic E-state index is -0.460. The van der Waals surface area contributed by atoms with Gasteiger partial charge in [-0.2, -0.15) is 5.10 Å². The number of nitrogens with zero attached hydrogens (tertiary/aromatic N) is 5. The van der Waals surface area contributed by atoms with Crippen molar-refractivity contribution in [2.75, 3.05) is 66.8 Å². The third kappa shape index (κ3) is 7.16. The summed E-state index contributed by atoms with van der Waals surface area (Å²) >= 11 is 0. The number of ether oxygens (including phenoxy) is 3. The molecule has 0 saturated carbocycles. The molecular weight excluding hydrogens is 506 g/mol. The Labute approximate surface area is 226 Å². The number of hydrogen-bond donors (Lipinski definition) is 0. The van der Waals surface area contributed by atoms with Gasteiger partial charge in [0.1, 0.15) is 18.9 Å². The van der Waals surface area contributed by atoms with Crippen LogP contribution in [-0.4, -0.2) is 104 Å². The predicted molar refractivity (Wildman–Crippen MR) is 143 cm³/mol. The average molecular weight is 540 g/mol. The summed E-state index contributed by atoms with van der Waals surface area (Å²) in [5, 5.41) is 17.1. The summed E-state index contributed by atoms with van der Waals surface area (Å²) in [6, 6.07) is 13.1. The smallest absolute Gasteiger partial charge is 0.269 e. The van der Waals surface area contributed by atoms with Crippen LogP contribution in [0, 0.1) is 10.1 Å². The molecule has 1 atom stereocenters. The highest BCUT2D eigenvalue weighted by Crippen LogP contribution is 2.34. The fourth-order valence-corrected chi connectivity index (χ4v) is 4.61. The lowest BCUT2D eigenvalue weighted by atomic mass is 9.98. The van der Waals surface area contributed by atoms with Gasteiger partial charge in [0.15, 0.2) is 0 Å². The molecular formula is C27H33N5O7. The second kappa shape index (κ2) is 13.3. The van der Waals surface area contributed by atoms with Gasteiger partial charge in [0, 0.05) is 51.8 Å². The molecule has 0 radical (unpaired) electrons. The maximum Gasteiger partial charge on any atom is 0.269 e. The van der Waals surface area contributed by atoms with Gasteiger partial charge in [-0.25, -0.2) is 5.01 Å². The molecule has 1 saturated heterocycles.